The summed E-state index contributed by atoms with van der Waals surface area (Å²) in [6.45, 7) is 0. The summed E-state index contributed by atoms with van der Waals surface area (Å²) >= 11 is 0. The molecule has 0 saturated carbocycles. The van der Waals surface area contributed by atoms with Gasteiger partial charge in [-0.15, -0.1) is 0 Å². The van der Waals surface area contributed by atoms with E-state index >= 15 is 0 Å². The maximum atomic E-state index is 11.4. The first kappa shape index (κ1) is 12.2. The first-order chi connectivity index (χ1) is 9.67. The number of phenolic OH excluding ortho intramolecular Hbond substituents is 1. The van der Waals surface area contributed by atoms with Crippen LogP contribution in [0.25, 0.3) is 22.4 Å². The first-order valence-electron chi connectivity index (χ1n) is 5.91. The number of benzene rings is 2. The lowest BCUT2D eigenvalue weighted by Crippen LogP contribution is -2.18. The number of aromatic hydroxyl groups is 1. The van der Waals surface area contributed by atoms with E-state index in [0.29, 0.717) is 22.4 Å². The van der Waals surface area contributed by atoms with Gasteiger partial charge in [-0.25, -0.2) is 10.5 Å². The number of nitrogens with zero attached hydrogens (tertiary/aromatic N) is 1. The normalized spacial score (nSPS) is 10.7. The van der Waals surface area contributed by atoms with Crippen LogP contribution in [0.3, 0.4) is 0 Å². The van der Waals surface area contributed by atoms with E-state index < -0.39 is 5.91 Å². The Kier molecular flexibility index (Phi) is 2.85. The Balaban J connectivity index is 2.09. The van der Waals surface area contributed by atoms with E-state index in [-0.39, 0.29) is 5.75 Å². The fourth-order valence-corrected chi connectivity index (χ4v) is 2.01. The summed E-state index contributed by atoms with van der Waals surface area (Å²) in [7, 11) is 0. The molecule has 0 saturated heterocycles. The molecule has 0 atom stereocenters. The molecule has 0 radical (unpaired) electrons. The van der Waals surface area contributed by atoms with E-state index in [4.69, 9.17) is 5.21 Å². The number of amides is 1. The summed E-state index contributed by atoms with van der Waals surface area (Å²) in [5.41, 5.74) is 4.02. The standard InChI is InChI=1S/C14H11N3O3/c18-10-3-1-2-8(6-10)13-15-11-5-4-9(14(19)17-20)7-12(11)16-13/h1-7,18,20H,(H,15,16)(H,17,19). The highest BCUT2D eigenvalue weighted by molar-refractivity contribution is 5.97. The molecule has 4 N–H and O–H groups in total. The van der Waals surface area contributed by atoms with Gasteiger partial charge < -0.3 is 10.1 Å². The summed E-state index contributed by atoms with van der Waals surface area (Å²) in [5, 5.41) is 18.1. The van der Waals surface area contributed by atoms with E-state index in [1.165, 1.54) is 0 Å². The van der Waals surface area contributed by atoms with E-state index in [2.05, 4.69) is 9.97 Å². The molecule has 100 valence electrons. The van der Waals surface area contributed by atoms with Crippen LogP contribution in [-0.2, 0) is 0 Å². The number of phenols is 1. The van der Waals surface area contributed by atoms with Gasteiger partial charge in [0, 0.05) is 11.1 Å². The van der Waals surface area contributed by atoms with Gasteiger partial charge in [-0.2, -0.15) is 0 Å². The molecule has 1 heterocycles. The molecule has 2 aromatic carbocycles. The van der Waals surface area contributed by atoms with Crippen molar-refractivity contribution in [3.05, 3.63) is 48.0 Å². The number of hydrogen-bond acceptors (Lipinski definition) is 4. The number of H-pyrrole nitrogens is 1. The molecule has 0 bridgehead atoms. The highest BCUT2D eigenvalue weighted by Crippen LogP contribution is 2.23. The smallest absolute Gasteiger partial charge is 0.274 e. The molecule has 0 aliphatic rings. The molecule has 0 aliphatic carbocycles. The van der Waals surface area contributed by atoms with Gasteiger partial charge in [-0.05, 0) is 30.3 Å². The Bertz CT molecular complexity index is 795. The van der Waals surface area contributed by atoms with Gasteiger partial charge in [-0.3, -0.25) is 10.0 Å². The van der Waals surface area contributed by atoms with Crippen LogP contribution < -0.4 is 5.48 Å². The average molecular weight is 269 g/mol. The molecule has 6 nitrogen and oxygen atoms in total. The highest BCUT2D eigenvalue weighted by Gasteiger charge is 2.09. The number of aromatic nitrogens is 2. The zero-order valence-corrected chi connectivity index (χ0v) is 10.3. The topological polar surface area (TPSA) is 98.2 Å². The third kappa shape index (κ3) is 2.08. The number of imidazole rings is 1. The lowest BCUT2D eigenvalue weighted by Gasteiger charge is -1.97. The quantitative estimate of drug-likeness (QED) is 0.422. The van der Waals surface area contributed by atoms with Crippen LogP contribution in [0, 0.1) is 0 Å². The minimum absolute atomic E-state index is 0.156. The Labute approximate surface area is 113 Å². The molecule has 20 heavy (non-hydrogen) atoms. The van der Waals surface area contributed by atoms with Crippen molar-refractivity contribution in [1.29, 1.82) is 0 Å². The lowest BCUT2D eigenvalue weighted by atomic mass is 10.2. The Morgan fingerprint density at radius 2 is 2.05 bits per heavy atom. The third-order valence-electron chi connectivity index (χ3n) is 2.97. The number of carbonyl (C=O) groups excluding carboxylic acids is 1. The van der Waals surface area contributed by atoms with Crippen molar-refractivity contribution in [1.82, 2.24) is 15.4 Å². The second kappa shape index (κ2) is 4.67. The molecule has 0 aliphatic heterocycles. The summed E-state index contributed by atoms with van der Waals surface area (Å²) in [6.07, 6.45) is 0. The number of aromatic amines is 1. The highest BCUT2D eigenvalue weighted by atomic mass is 16.5. The maximum absolute atomic E-state index is 11.4. The molecule has 3 aromatic rings. The largest absolute Gasteiger partial charge is 0.508 e. The molecule has 1 aromatic heterocycles. The predicted molar refractivity (Wildman–Crippen MR) is 72.4 cm³/mol. The summed E-state index contributed by atoms with van der Waals surface area (Å²) < 4.78 is 0. The monoisotopic (exact) mass is 269 g/mol. The molecule has 0 unspecified atom stereocenters. The zero-order chi connectivity index (χ0) is 14.1. The number of fused-ring (bicyclic) bond motifs is 1. The molecular weight excluding hydrogens is 258 g/mol. The van der Waals surface area contributed by atoms with Gasteiger partial charge in [0.2, 0.25) is 0 Å². The maximum Gasteiger partial charge on any atom is 0.274 e. The van der Waals surface area contributed by atoms with Crippen LogP contribution in [0.4, 0.5) is 0 Å². The number of hydrogen-bond donors (Lipinski definition) is 4. The van der Waals surface area contributed by atoms with Crippen LogP contribution in [0.5, 0.6) is 5.75 Å². The second-order valence-electron chi connectivity index (χ2n) is 4.31. The Hall–Kier alpha value is -2.86. The van der Waals surface area contributed by atoms with Crippen molar-refractivity contribution in [3.63, 3.8) is 0 Å². The average Bonchev–Trinajstić information content (AvgIpc) is 2.89. The van der Waals surface area contributed by atoms with Gasteiger partial charge >= 0.3 is 0 Å². The minimum Gasteiger partial charge on any atom is -0.508 e. The summed E-state index contributed by atoms with van der Waals surface area (Å²) in [4.78, 5) is 18.8. The summed E-state index contributed by atoms with van der Waals surface area (Å²) in [6, 6.07) is 11.6. The van der Waals surface area contributed by atoms with Gasteiger partial charge in [0.1, 0.15) is 11.6 Å². The number of rotatable bonds is 2. The van der Waals surface area contributed by atoms with E-state index in [0.717, 1.165) is 5.56 Å². The molecular formula is C14H11N3O3. The SMILES string of the molecule is O=C(NO)c1ccc2nc(-c3cccc(O)c3)[nH]c2c1. The molecule has 0 spiro atoms. The second-order valence-corrected chi connectivity index (χ2v) is 4.31. The van der Waals surface area contributed by atoms with Gasteiger partial charge in [0.15, 0.2) is 0 Å². The number of nitrogens with one attached hydrogen (secondary N) is 2. The van der Waals surface area contributed by atoms with Crippen molar-refractivity contribution in [2.75, 3.05) is 0 Å². The first-order valence-corrected chi connectivity index (χ1v) is 5.91. The molecule has 3 rings (SSSR count). The van der Waals surface area contributed by atoms with Crippen molar-refractivity contribution in [2.24, 2.45) is 0 Å². The van der Waals surface area contributed by atoms with Crippen molar-refractivity contribution < 1.29 is 15.1 Å². The van der Waals surface area contributed by atoms with Crippen LogP contribution >= 0.6 is 0 Å². The van der Waals surface area contributed by atoms with E-state index in [1.807, 2.05) is 6.07 Å². The van der Waals surface area contributed by atoms with Crippen molar-refractivity contribution in [2.45, 2.75) is 0 Å². The van der Waals surface area contributed by atoms with Crippen LogP contribution in [0.1, 0.15) is 10.4 Å². The van der Waals surface area contributed by atoms with Crippen molar-refractivity contribution >= 4 is 16.9 Å². The van der Waals surface area contributed by atoms with Gasteiger partial charge in [-0.1, -0.05) is 12.1 Å². The van der Waals surface area contributed by atoms with Crippen molar-refractivity contribution in [3.8, 4) is 17.1 Å². The fraction of sp³-hybridized carbons (Fsp3) is 0. The van der Waals surface area contributed by atoms with E-state index in [9.17, 15) is 9.90 Å². The fourth-order valence-electron chi connectivity index (χ4n) is 2.01. The minimum atomic E-state index is -0.583. The van der Waals surface area contributed by atoms with Crippen LogP contribution in [0.2, 0.25) is 0 Å². The zero-order valence-electron chi connectivity index (χ0n) is 10.3. The lowest BCUT2D eigenvalue weighted by molar-refractivity contribution is 0.0706. The number of carbonyl (C=O) groups is 1. The summed E-state index contributed by atoms with van der Waals surface area (Å²) in [5.74, 6) is 0.168. The Morgan fingerprint density at radius 3 is 2.80 bits per heavy atom. The molecule has 1 amide bonds. The van der Waals surface area contributed by atoms with Crippen LogP contribution in [0.15, 0.2) is 42.5 Å². The Morgan fingerprint density at radius 1 is 1.20 bits per heavy atom. The molecule has 0 fully saturated rings. The third-order valence-corrected chi connectivity index (χ3v) is 2.97. The number of hydroxylamine groups is 1. The van der Waals surface area contributed by atoms with Gasteiger partial charge in [0.05, 0.1) is 11.0 Å². The van der Waals surface area contributed by atoms with Crippen LogP contribution in [-0.4, -0.2) is 26.2 Å². The molecule has 6 heteroatoms. The van der Waals surface area contributed by atoms with E-state index in [1.54, 1.807) is 41.9 Å². The van der Waals surface area contributed by atoms with Gasteiger partial charge in [0.25, 0.3) is 5.91 Å². The predicted octanol–water partition coefficient (Wildman–Crippen LogP) is 2.05.